The van der Waals surface area contributed by atoms with E-state index in [9.17, 15) is 9.59 Å². The summed E-state index contributed by atoms with van der Waals surface area (Å²) in [5.41, 5.74) is -0.587. The monoisotopic (exact) mass is 351 g/mol. The molecule has 0 atom stereocenters. The largest absolute Gasteiger partial charge is 0.348 e. The first kappa shape index (κ1) is 17.2. The van der Waals surface area contributed by atoms with E-state index < -0.39 is 11.3 Å². The number of piperidine rings is 1. The highest BCUT2D eigenvalue weighted by atomic mass is 16.7. The molecule has 3 saturated heterocycles. The first-order chi connectivity index (χ1) is 12.0. The highest BCUT2D eigenvalue weighted by molar-refractivity contribution is 6.07. The molecule has 3 heterocycles. The summed E-state index contributed by atoms with van der Waals surface area (Å²) in [4.78, 5) is 28.7. The van der Waals surface area contributed by atoms with Crippen LogP contribution in [-0.4, -0.2) is 72.5 Å². The summed E-state index contributed by atoms with van der Waals surface area (Å²) in [6.45, 7) is 6.58. The van der Waals surface area contributed by atoms with Crippen LogP contribution < -0.4 is 5.32 Å². The Labute approximate surface area is 149 Å². The third-order valence-electron chi connectivity index (χ3n) is 6.53. The molecule has 0 radical (unpaired) electrons. The van der Waals surface area contributed by atoms with E-state index in [0.717, 1.165) is 58.2 Å². The minimum absolute atomic E-state index is 0.00912. The summed E-state index contributed by atoms with van der Waals surface area (Å²) in [6, 6.07) is -0.206. The zero-order valence-electron chi connectivity index (χ0n) is 15.1. The minimum atomic E-state index is -0.587. The number of hydrogen-bond donors (Lipinski definition) is 1. The van der Waals surface area contributed by atoms with Crippen LogP contribution in [0.25, 0.3) is 0 Å². The number of imide groups is 1. The van der Waals surface area contributed by atoms with Gasteiger partial charge in [-0.05, 0) is 45.7 Å². The molecular formula is C18H29N3O4. The van der Waals surface area contributed by atoms with Gasteiger partial charge in [-0.1, -0.05) is 12.8 Å². The molecule has 25 heavy (non-hydrogen) atoms. The molecule has 1 spiro atoms. The number of rotatable bonds is 4. The number of hydrogen-bond acceptors (Lipinski definition) is 5. The summed E-state index contributed by atoms with van der Waals surface area (Å²) < 4.78 is 11.6. The van der Waals surface area contributed by atoms with Gasteiger partial charge in [0.2, 0.25) is 0 Å². The van der Waals surface area contributed by atoms with Crippen LogP contribution in [0.1, 0.15) is 45.4 Å². The number of nitrogens with one attached hydrogen (secondary N) is 1. The number of urea groups is 1. The van der Waals surface area contributed by atoms with E-state index in [2.05, 4.69) is 17.1 Å². The molecule has 3 amide bonds. The molecule has 0 unspecified atom stereocenters. The Balaban J connectivity index is 1.27. The fourth-order valence-electron chi connectivity index (χ4n) is 4.89. The van der Waals surface area contributed by atoms with Gasteiger partial charge in [-0.2, -0.15) is 0 Å². The van der Waals surface area contributed by atoms with Crippen molar-refractivity contribution in [3.8, 4) is 0 Å². The van der Waals surface area contributed by atoms with Crippen LogP contribution in [0.15, 0.2) is 0 Å². The molecule has 1 aliphatic carbocycles. The van der Waals surface area contributed by atoms with Gasteiger partial charge in [0.25, 0.3) is 5.91 Å². The van der Waals surface area contributed by atoms with E-state index in [-0.39, 0.29) is 11.9 Å². The summed E-state index contributed by atoms with van der Waals surface area (Å²) in [5, 5.41) is 2.95. The van der Waals surface area contributed by atoms with Crippen LogP contribution in [0.3, 0.4) is 0 Å². The fourth-order valence-corrected chi connectivity index (χ4v) is 4.89. The smallest absolute Gasteiger partial charge is 0.325 e. The maximum atomic E-state index is 12.7. The van der Waals surface area contributed by atoms with E-state index in [1.54, 1.807) is 0 Å². The van der Waals surface area contributed by atoms with E-state index in [1.807, 2.05) is 0 Å². The van der Waals surface area contributed by atoms with Crippen molar-refractivity contribution in [1.82, 2.24) is 15.1 Å². The topological polar surface area (TPSA) is 71.1 Å². The average molecular weight is 351 g/mol. The van der Waals surface area contributed by atoms with E-state index >= 15 is 0 Å². The Morgan fingerprint density at radius 2 is 1.72 bits per heavy atom. The van der Waals surface area contributed by atoms with Crippen LogP contribution in [0.2, 0.25) is 0 Å². The highest BCUT2D eigenvalue weighted by Gasteiger charge is 2.52. The lowest BCUT2D eigenvalue weighted by molar-refractivity contribution is -0.190. The number of carbonyl (C=O) groups is 2. The predicted octanol–water partition coefficient (Wildman–Crippen LogP) is 1.33. The van der Waals surface area contributed by atoms with E-state index in [0.29, 0.717) is 25.7 Å². The molecule has 4 aliphatic rings. The number of amides is 3. The molecule has 1 saturated carbocycles. The van der Waals surface area contributed by atoms with Gasteiger partial charge >= 0.3 is 6.03 Å². The van der Waals surface area contributed by atoms with Gasteiger partial charge in [0.15, 0.2) is 5.79 Å². The van der Waals surface area contributed by atoms with Crippen molar-refractivity contribution in [3.05, 3.63) is 0 Å². The van der Waals surface area contributed by atoms with Gasteiger partial charge < -0.3 is 19.7 Å². The normalized spacial score (nSPS) is 29.7. The van der Waals surface area contributed by atoms with Gasteiger partial charge in [0, 0.05) is 19.0 Å². The van der Waals surface area contributed by atoms with Crippen molar-refractivity contribution in [1.29, 1.82) is 0 Å². The van der Waals surface area contributed by atoms with Crippen LogP contribution >= 0.6 is 0 Å². The molecule has 1 N–H and O–H groups in total. The third kappa shape index (κ3) is 3.06. The molecule has 7 heteroatoms. The molecule has 0 bridgehead atoms. The molecule has 3 aliphatic heterocycles. The van der Waals surface area contributed by atoms with E-state index in [1.165, 1.54) is 4.90 Å². The van der Waals surface area contributed by atoms with Crippen molar-refractivity contribution in [3.63, 3.8) is 0 Å². The number of nitrogens with zero attached hydrogens (tertiary/aromatic N) is 2. The fraction of sp³-hybridized carbons (Fsp3) is 0.889. The zero-order valence-corrected chi connectivity index (χ0v) is 15.1. The third-order valence-corrected chi connectivity index (χ3v) is 6.53. The molecule has 0 aromatic carbocycles. The molecular weight excluding hydrogens is 322 g/mol. The number of likely N-dealkylation sites (tertiary alicyclic amines) is 1. The lowest BCUT2D eigenvalue weighted by atomic mass is 9.89. The van der Waals surface area contributed by atoms with Crippen LogP contribution in [-0.2, 0) is 14.3 Å². The first-order valence-electron chi connectivity index (χ1n) is 9.67. The highest BCUT2D eigenvalue weighted by Crippen LogP contribution is 2.36. The lowest BCUT2D eigenvalue weighted by Crippen LogP contribution is -2.47. The summed E-state index contributed by atoms with van der Waals surface area (Å²) in [5.74, 6) is -0.0129. The SMILES string of the molecule is CC1(C2CCN(CCN3C(=O)NC4(CCCC4)C3=O)CC2)OCCO1. The average Bonchev–Trinajstić information content (AvgIpc) is 3.30. The second-order valence-electron chi connectivity index (χ2n) is 8.00. The van der Waals surface area contributed by atoms with Gasteiger partial charge in [-0.25, -0.2) is 4.79 Å². The van der Waals surface area contributed by atoms with Crippen LogP contribution in [0.4, 0.5) is 4.79 Å². The number of carbonyl (C=O) groups excluding carboxylic acids is 2. The van der Waals surface area contributed by atoms with Crippen molar-refractivity contribution in [2.75, 3.05) is 39.4 Å². The molecule has 4 rings (SSSR count). The Bertz CT molecular complexity index is 532. The molecule has 0 aromatic rings. The summed E-state index contributed by atoms with van der Waals surface area (Å²) >= 11 is 0. The van der Waals surface area contributed by atoms with Crippen LogP contribution in [0.5, 0.6) is 0 Å². The maximum Gasteiger partial charge on any atom is 0.325 e. The second-order valence-corrected chi connectivity index (χ2v) is 8.00. The van der Waals surface area contributed by atoms with Gasteiger partial charge in [0.1, 0.15) is 5.54 Å². The van der Waals surface area contributed by atoms with Crippen molar-refractivity contribution >= 4 is 11.9 Å². The molecule has 140 valence electrons. The Morgan fingerprint density at radius 1 is 1.08 bits per heavy atom. The Kier molecular flexibility index (Phi) is 4.50. The van der Waals surface area contributed by atoms with Crippen molar-refractivity contribution < 1.29 is 19.1 Å². The van der Waals surface area contributed by atoms with Crippen molar-refractivity contribution in [2.45, 2.75) is 56.8 Å². The Morgan fingerprint density at radius 3 is 2.36 bits per heavy atom. The minimum Gasteiger partial charge on any atom is -0.348 e. The predicted molar refractivity (Wildman–Crippen MR) is 90.9 cm³/mol. The lowest BCUT2D eigenvalue weighted by Gasteiger charge is -2.39. The standard InChI is InChI=1S/C18H29N3O4/c1-17(24-12-13-25-17)14-4-8-20(9-5-14)10-11-21-15(22)18(19-16(21)23)6-2-3-7-18/h14H,2-13H2,1H3,(H,19,23). The molecule has 0 aromatic heterocycles. The van der Waals surface area contributed by atoms with E-state index in [4.69, 9.17) is 9.47 Å². The quantitative estimate of drug-likeness (QED) is 0.774. The second kappa shape index (κ2) is 6.52. The molecule has 7 nitrogen and oxygen atoms in total. The van der Waals surface area contributed by atoms with Gasteiger partial charge in [-0.3, -0.25) is 9.69 Å². The van der Waals surface area contributed by atoms with Gasteiger partial charge in [0.05, 0.1) is 13.2 Å². The summed E-state index contributed by atoms with van der Waals surface area (Å²) in [6.07, 6.45) is 5.68. The first-order valence-corrected chi connectivity index (χ1v) is 9.67. The summed E-state index contributed by atoms with van der Waals surface area (Å²) in [7, 11) is 0. The van der Waals surface area contributed by atoms with Gasteiger partial charge in [-0.15, -0.1) is 0 Å². The number of ether oxygens (including phenoxy) is 2. The Hall–Kier alpha value is -1.18. The van der Waals surface area contributed by atoms with Crippen molar-refractivity contribution in [2.24, 2.45) is 5.92 Å². The van der Waals surface area contributed by atoms with Crippen LogP contribution in [0, 0.1) is 5.92 Å². The molecule has 4 fully saturated rings. The zero-order chi connectivity index (χ0) is 17.5. The maximum absolute atomic E-state index is 12.7.